The summed E-state index contributed by atoms with van der Waals surface area (Å²) in [6, 6.07) is 9.59. The average molecular weight is 347 g/mol. The van der Waals surface area contributed by atoms with E-state index < -0.39 is 24.5 Å². The van der Waals surface area contributed by atoms with Gasteiger partial charge in [-0.05, 0) is 36.4 Å². The van der Waals surface area contributed by atoms with E-state index >= 15 is 0 Å². The Balaban J connectivity index is 1.82. The smallest absolute Gasteiger partial charge is 0.329 e. The predicted octanol–water partition coefficient (Wildman–Crippen LogP) is 2.58. The van der Waals surface area contributed by atoms with E-state index in [1.807, 2.05) is 0 Å². The number of benzene rings is 1. The summed E-state index contributed by atoms with van der Waals surface area (Å²) in [6.45, 7) is -0.698. The van der Waals surface area contributed by atoms with E-state index in [2.05, 4.69) is 5.32 Å². The third kappa shape index (κ3) is 3.16. The Morgan fingerprint density at radius 2 is 1.92 bits per heavy atom. The highest BCUT2D eigenvalue weighted by molar-refractivity contribution is 6.30. The lowest BCUT2D eigenvalue weighted by molar-refractivity contribution is -0.140. The van der Waals surface area contributed by atoms with E-state index in [1.165, 1.54) is 6.08 Å². The van der Waals surface area contributed by atoms with Crippen LogP contribution in [0.3, 0.4) is 0 Å². The lowest BCUT2D eigenvalue weighted by Gasteiger charge is -2.06. The number of carboxylic acid groups (broad SMARTS) is 1. The molecule has 122 valence electrons. The van der Waals surface area contributed by atoms with Gasteiger partial charge >= 0.3 is 12.0 Å². The molecule has 24 heavy (non-hydrogen) atoms. The van der Waals surface area contributed by atoms with Gasteiger partial charge < -0.3 is 14.8 Å². The SMILES string of the molecule is O=C(O)CN1C(=O)N/C(=C/c2ccc(-c3ccc(Cl)cc3)o2)C1=O. The van der Waals surface area contributed by atoms with Gasteiger partial charge in [-0.3, -0.25) is 9.59 Å². The molecule has 1 aliphatic heterocycles. The van der Waals surface area contributed by atoms with Crippen molar-refractivity contribution in [3.63, 3.8) is 0 Å². The van der Waals surface area contributed by atoms with Gasteiger partial charge in [0.15, 0.2) is 0 Å². The molecule has 0 spiro atoms. The zero-order valence-electron chi connectivity index (χ0n) is 12.2. The summed E-state index contributed by atoms with van der Waals surface area (Å²) in [7, 11) is 0. The number of amides is 3. The van der Waals surface area contributed by atoms with Crippen LogP contribution in [0.5, 0.6) is 0 Å². The molecule has 1 aliphatic rings. The van der Waals surface area contributed by atoms with Gasteiger partial charge in [-0.1, -0.05) is 11.6 Å². The number of nitrogens with one attached hydrogen (secondary N) is 1. The number of hydrogen-bond acceptors (Lipinski definition) is 4. The van der Waals surface area contributed by atoms with Crippen molar-refractivity contribution < 1.29 is 23.9 Å². The van der Waals surface area contributed by atoms with Crippen LogP contribution in [0.1, 0.15) is 5.76 Å². The van der Waals surface area contributed by atoms with Gasteiger partial charge in [0.25, 0.3) is 5.91 Å². The van der Waals surface area contributed by atoms with Gasteiger partial charge in [-0.2, -0.15) is 0 Å². The number of carboxylic acids is 1. The zero-order chi connectivity index (χ0) is 17.3. The first-order valence-corrected chi connectivity index (χ1v) is 7.24. The minimum atomic E-state index is -1.28. The molecule has 0 atom stereocenters. The second-order valence-corrected chi connectivity index (χ2v) is 5.42. The van der Waals surface area contributed by atoms with E-state index in [0.29, 0.717) is 21.4 Å². The molecule has 1 aromatic heterocycles. The van der Waals surface area contributed by atoms with Crippen LogP contribution in [0.15, 0.2) is 46.5 Å². The third-order valence-corrected chi connectivity index (χ3v) is 3.55. The number of hydrogen-bond donors (Lipinski definition) is 2. The fourth-order valence-corrected chi connectivity index (χ4v) is 2.32. The predicted molar refractivity (Wildman–Crippen MR) is 85.0 cm³/mol. The molecular weight excluding hydrogens is 336 g/mol. The molecule has 3 amide bonds. The molecule has 7 nitrogen and oxygen atoms in total. The van der Waals surface area contributed by atoms with Crippen molar-refractivity contribution in [2.24, 2.45) is 0 Å². The summed E-state index contributed by atoms with van der Waals surface area (Å²) in [5.74, 6) is -1.08. The van der Waals surface area contributed by atoms with Crippen LogP contribution in [0, 0.1) is 0 Å². The van der Waals surface area contributed by atoms with Crippen molar-refractivity contribution in [2.45, 2.75) is 0 Å². The van der Waals surface area contributed by atoms with Crippen LogP contribution >= 0.6 is 11.6 Å². The van der Waals surface area contributed by atoms with Gasteiger partial charge in [0, 0.05) is 16.7 Å². The summed E-state index contributed by atoms with van der Waals surface area (Å²) in [6.07, 6.45) is 1.35. The second-order valence-electron chi connectivity index (χ2n) is 4.98. The molecule has 8 heteroatoms. The maximum Gasteiger partial charge on any atom is 0.329 e. The first kappa shape index (κ1) is 15.8. The van der Waals surface area contributed by atoms with Gasteiger partial charge in [0.1, 0.15) is 23.8 Å². The van der Waals surface area contributed by atoms with E-state index in [0.717, 1.165) is 5.56 Å². The van der Waals surface area contributed by atoms with Crippen molar-refractivity contribution in [2.75, 3.05) is 6.54 Å². The Morgan fingerprint density at radius 1 is 1.21 bits per heavy atom. The van der Waals surface area contributed by atoms with E-state index in [4.69, 9.17) is 21.1 Å². The monoisotopic (exact) mass is 346 g/mol. The van der Waals surface area contributed by atoms with Gasteiger partial charge in [0.2, 0.25) is 0 Å². The van der Waals surface area contributed by atoms with Gasteiger partial charge in [-0.25, -0.2) is 9.69 Å². The number of carbonyl (C=O) groups excluding carboxylic acids is 2. The number of urea groups is 1. The maximum absolute atomic E-state index is 12.0. The minimum absolute atomic E-state index is 0.0433. The summed E-state index contributed by atoms with van der Waals surface area (Å²) < 4.78 is 5.61. The van der Waals surface area contributed by atoms with Crippen LogP contribution in [0.25, 0.3) is 17.4 Å². The summed E-state index contributed by atoms with van der Waals surface area (Å²) in [5, 5.41) is 11.6. The molecule has 0 aliphatic carbocycles. The van der Waals surface area contributed by atoms with Crippen molar-refractivity contribution in [1.29, 1.82) is 0 Å². The van der Waals surface area contributed by atoms with Crippen LogP contribution in [-0.4, -0.2) is 34.5 Å². The first-order valence-electron chi connectivity index (χ1n) is 6.86. The number of rotatable bonds is 4. The maximum atomic E-state index is 12.0. The minimum Gasteiger partial charge on any atom is -0.480 e. The van der Waals surface area contributed by atoms with Gasteiger partial charge in [-0.15, -0.1) is 0 Å². The molecule has 3 rings (SSSR count). The number of halogens is 1. The average Bonchev–Trinajstić information content (AvgIpc) is 3.09. The number of furan rings is 1. The van der Waals surface area contributed by atoms with E-state index in [9.17, 15) is 14.4 Å². The fraction of sp³-hybridized carbons (Fsp3) is 0.0625. The lowest BCUT2D eigenvalue weighted by atomic mass is 10.2. The number of carbonyl (C=O) groups is 3. The standard InChI is InChI=1S/C16H11ClN2O5/c17-10-3-1-9(2-4-10)13-6-5-11(24-13)7-12-15(22)19(8-14(20)21)16(23)18-12/h1-7H,8H2,(H,18,23)(H,20,21)/b12-7+. The molecule has 0 bridgehead atoms. The molecule has 2 N–H and O–H groups in total. The topological polar surface area (TPSA) is 99.8 Å². The largest absolute Gasteiger partial charge is 0.480 e. The fourth-order valence-electron chi connectivity index (χ4n) is 2.19. The summed E-state index contributed by atoms with van der Waals surface area (Å²) >= 11 is 5.83. The van der Waals surface area contributed by atoms with Crippen LogP contribution < -0.4 is 5.32 Å². The Morgan fingerprint density at radius 3 is 2.58 bits per heavy atom. The number of aliphatic carboxylic acids is 1. The van der Waals surface area contributed by atoms with E-state index in [1.54, 1.807) is 36.4 Å². The Bertz CT molecular complexity index is 854. The molecule has 1 fully saturated rings. The molecule has 0 radical (unpaired) electrons. The van der Waals surface area contributed by atoms with E-state index in [-0.39, 0.29) is 5.70 Å². The third-order valence-electron chi connectivity index (χ3n) is 3.30. The van der Waals surface area contributed by atoms with Crippen molar-refractivity contribution in [1.82, 2.24) is 10.2 Å². The van der Waals surface area contributed by atoms with Crippen LogP contribution in [-0.2, 0) is 9.59 Å². The molecule has 0 saturated carbocycles. The first-order chi connectivity index (χ1) is 11.4. The highest BCUT2D eigenvalue weighted by Crippen LogP contribution is 2.25. The lowest BCUT2D eigenvalue weighted by Crippen LogP contribution is -2.35. The molecule has 0 unspecified atom stereocenters. The van der Waals surface area contributed by atoms with Crippen molar-refractivity contribution >= 4 is 35.6 Å². The number of nitrogens with zero attached hydrogens (tertiary/aromatic N) is 1. The highest BCUT2D eigenvalue weighted by atomic mass is 35.5. The molecular formula is C16H11ClN2O5. The highest BCUT2D eigenvalue weighted by Gasteiger charge is 2.35. The van der Waals surface area contributed by atoms with Crippen molar-refractivity contribution in [3.8, 4) is 11.3 Å². The normalized spacial score (nSPS) is 15.9. The molecule has 1 aromatic carbocycles. The Kier molecular flexibility index (Phi) is 4.09. The summed E-state index contributed by atoms with van der Waals surface area (Å²) in [5.41, 5.74) is 0.761. The van der Waals surface area contributed by atoms with Gasteiger partial charge in [0.05, 0.1) is 0 Å². The zero-order valence-corrected chi connectivity index (χ0v) is 12.9. The quantitative estimate of drug-likeness (QED) is 0.654. The van der Waals surface area contributed by atoms with Crippen LogP contribution in [0.4, 0.5) is 4.79 Å². The van der Waals surface area contributed by atoms with Crippen molar-refractivity contribution in [3.05, 3.63) is 52.9 Å². The number of imide groups is 1. The van der Waals surface area contributed by atoms with Crippen LogP contribution in [0.2, 0.25) is 5.02 Å². The molecule has 2 heterocycles. The molecule has 1 saturated heterocycles. The summed E-state index contributed by atoms with van der Waals surface area (Å²) in [4.78, 5) is 34.9. The Labute approximate surface area is 141 Å². The molecule has 2 aromatic rings. The Hall–Kier alpha value is -3.06. The second kappa shape index (κ2) is 6.21.